The lowest BCUT2D eigenvalue weighted by atomic mass is 9.97. The van der Waals surface area contributed by atoms with Crippen molar-refractivity contribution in [2.75, 3.05) is 6.61 Å². The molecule has 1 saturated carbocycles. The molecule has 3 heteroatoms. The third-order valence-electron chi connectivity index (χ3n) is 2.94. The highest BCUT2D eigenvalue weighted by Gasteiger charge is 2.21. The molecule has 82 valence electrons. The second kappa shape index (κ2) is 5.89. The predicted octanol–water partition coefficient (Wildman–Crippen LogP) is 2.70. The standard InChI is InChI=1S/C11H21NO2/c1-3-14-11(13)12-10-8-6-4-5-7-9(10)2/h9-10H,3-8H2,1-2H3,(H,12,13). The fourth-order valence-electron chi connectivity index (χ4n) is 2.03. The molecule has 3 nitrogen and oxygen atoms in total. The Kier molecular flexibility index (Phi) is 4.77. The second-order valence-electron chi connectivity index (χ2n) is 4.09. The van der Waals surface area contributed by atoms with Gasteiger partial charge in [0.25, 0.3) is 0 Å². The average Bonchev–Trinajstić information content (AvgIpc) is 2.33. The van der Waals surface area contributed by atoms with Crippen molar-refractivity contribution >= 4 is 6.09 Å². The van der Waals surface area contributed by atoms with Gasteiger partial charge in [0, 0.05) is 6.04 Å². The lowest BCUT2D eigenvalue weighted by Crippen LogP contribution is -2.39. The number of carbonyl (C=O) groups is 1. The number of ether oxygens (including phenoxy) is 1. The van der Waals surface area contributed by atoms with Crippen LogP contribution in [0.15, 0.2) is 0 Å². The minimum Gasteiger partial charge on any atom is -0.450 e. The van der Waals surface area contributed by atoms with Crippen LogP contribution >= 0.6 is 0 Å². The van der Waals surface area contributed by atoms with Crippen LogP contribution in [0.4, 0.5) is 4.79 Å². The van der Waals surface area contributed by atoms with Gasteiger partial charge in [0.05, 0.1) is 6.61 Å². The van der Waals surface area contributed by atoms with Crippen molar-refractivity contribution in [3.05, 3.63) is 0 Å². The Hall–Kier alpha value is -0.730. The van der Waals surface area contributed by atoms with Crippen LogP contribution in [0.1, 0.15) is 46.0 Å². The monoisotopic (exact) mass is 199 g/mol. The van der Waals surface area contributed by atoms with Gasteiger partial charge in [0.1, 0.15) is 0 Å². The molecule has 0 bridgehead atoms. The zero-order valence-corrected chi connectivity index (χ0v) is 9.21. The third-order valence-corrected chi connectivity index (χ3v) is 2.94. The SMILES string of the molecule is CCOC(=O)NC1CCCCCC1C. The fraction of sp³-hybridized carbons (Fsp3) is 0.909. The first-order valence-electron chi connectivity index (χ1n) is 5.67. The minimum atomic E-state index is -0.258. The van der Waals surface area contributed by atoms with Crippen molar-refractivity contribution in [1.82, 2.24) is 5.32 Å². The summed E-state index contributed by atoms with van der Waals surface area (Å²) < 4.78 is 4.88. The van der Waals surface area contributed by atoms with Gasteiger partial charge in [-0.05, 0) is 25.7 Å². The third kappa shape index (κ3) is 3.56. The summed E-state index contributed by atoms with van der Waals surface area (Å²) in [5, 5.41) is 2.95. The normalized spacial score (nSPS) is 27.9. The summed E-state index contributed by atoms with van der Waals surface area (Å²) in [5.41, 5.74) is 0. The largest absolute Gasteiger partial charge is 0.450 e. The lowest BCUT2D eigenvalue weighted by Gasteiger charge is -2.22. The number of hydrogen-bond donors (Lipinski definition) is 1. The van der Waals surface area contributed by atoms with Crippen LogP contribution < -0.4 is 5.32 Å². The smallest absolute Gasteiger partial charge is 0.407 e. The molecule has 1 aliphatic carbocycles. The zero-order valence-electron chi connectivity index (χ0n) is 9.21. The molecule has 0 aromatic rings. The van der Waals surface area contributed by atoms with Gasteiger partial charge in [-0.15, -0.1) is 0 Å². The first kappa shape index (κ1) is 11.3. The number of amides is 1. The molecule has 1 rings (SSSR count). The number of carbonyl (C=O) groups excluding carboxylic acids is 1. The number of rotatable bonds is 2. The molecule has 0 aromatic carbocycles. The molecular formula is C11H21NO2. The highest BCUT2D eigenvalue weighted by Crippen LogP contribution is 2.22. The van der Waals surface area contributed by atoms with Gasteiger partial charge in [-0.1, -0.05) is 26.2 Å². The van der Waals surface area contributed by atoms with E-state index in [4.69, 9.17) is 4.74 Å². The van der Waals surface area contributed by atoms with E-state index in [-0.39, 0.29) is 6.09 Å². The van der Waals surface area contributed by atoms with Crippen LogP contribution in [0, 0.1) is 5.92 Å². The van der Waals surface area contributed by atoms with Crippen LogP contribution in [0.2, 0.25) is 0 Å². The summed E-state index contributed by atoms with van der Waals surface area (Å²) in [6.07, 6.45) is 5.87. The fourth-order valence-corrected chi connectivity index (χ4v) is 2.03. The molecule has 0 heterocycles. The first-order chi connectivity index (χ1) is 6.74. The Morgan fingerprint density at radius 1 is 1.36 bits per heavy atom. The molecule has 0 aromatic heterocycles. The van der Waals surface area contributed by atoms with Crippen LogP contribution in [0.3, 0.4) is 0 Å². The lowest BCUT2D eigenvalue weighted by molar-refractivity contribution is 0.143. The van der Waals surface area contributed by atoms with E-state index in [9.17, 15) is 4.79 Å². The van der Waals surface area contributed by atoms with E-state index in [1.807, 2.05) is 6.92 Å². The van der Waals surface area contributed by atoms with Gasteiger partial charge in [-0.25, -0.2) is 4.79 Å². The topological polar surface area (TPSA) is 38.3 Å². The van der Waals surface area contributed by atoms with E-state index < -0.39 is 0 Å². The van der Waals surface area contributed by atoms with Gasteiger partial charge in [-0.3, -0.25) is 0 Å². The molecule has 1 N–H and O–H groups in total. The summed E-state index contributed by atoms with van der Waals surface area (Å²) in [6.45, 7) is 4.49. The Morgan fingerprint density at radius 2 is 2.07 bits per heavy atom. The van der Waals surface area contributed by atoms with Crippen molar-refractivity contribution in [2.45, 2.75) is 52.0 Å². The molecule has 2 unspecified atom stereocenters. The van der Waals surface area contributed by atoms with Crippen molar-refractivity contribution in [2.24, 2.45) is 5.92 Å². The Balaban J connectivity index is 2.36. The minimum absolute atomic E-state index is 0.258. The highest BCUT2D eigenvalue weighted by molar-refractivity contribution is 5.67. The molecule has 1 amide bonds. The molecule has 0 saturated heterocycles. The van der Waals surface area contributed by atoms with Gasteiger partial charge in [0.2, 0.25) is 0 Å². The molecule has 0 radical (unpaired) electrons. The molecule has 0 aliphatic heterocycles. The maximum atomic E-state index is 11.2. The quantitative estimate of drug-likeness (QED) is 0.694. The first-order valence-corrected chi connectivity index (χ1v) is 5.67. The van der Waals surface area contributed by atoms with Gasteiger partial charge in [-0.2, -0.15) is 0 Å². The second-order valence-corrected chi connectivity index (χ2v) is 4.09. The number of nitrogens with one attached hydrogen (secondary N) is 1. The van der Waals surface area contributed by atoms with Crippen LogP contribution in [0.25, 0.3) is 0 Å². The summed E-state index contributed by atoms with van der Waals surface area (Å²) in [4.78, 5) is 11.2. The molecule has 1 fully saturated rings. The number of hydrogen-bond acceptors (Lipinski definition) is 2. The molecule has 0 spiro atoms. The Bertz CT molecular complexity index is 182. The van der Waals surface area contributed by atoms with E-state index >= 15 is 0 Å². The molecule has 2 atom stereocenters. The maximum Gasteiger partial charge on any atom is 0.407 e. The van der Waals surface area contributed by atoms with E-state index in [0.717, 1.165) is 6.42 Å². The number of alkyl carbamates (subject to hydrolysis) is 1. The predicted molar refractivity (Wildman–Crippen MR) is 56.2 cm³/mol. The van der Waals surface area contributed by atoms with E-state index in [0.29, 0.717) is 18.6 Å². The Morgan fingerprint density at radius 3 is 2.79 bits per heavy atom. The van der Waals surface area contributed by atoms with Crippen LogP contribution in [-0.2, 0) is 4.74 Å². The average molecular weight is 199 g/mol. The summed E-state index contributed by atoms with van der Waals surface area (Å²) in [7, 11) is 0. The maximum absolute atomic E-state index is 11.2. The van der Waals surface area contributed by atoms with Crippen molar-refractivity contribution in [3.63, 3.8) is 0 Å². The summed E-state index contributed by atoms with van der Waals surface area (Å²) in [5.74, 6) is 0.585. The molecule has 1 aliphatic rings. The van der Waals surface area contributed by atoms with Gasteiger partial charge < -0.3 is 10.1 Å². The highest BCUT2D eigenvalue weighted by atomic mass is 16.5. The van der Waals surface area contributed by atoms with Crippen molar-refractivity contribution < 1.29 is 9.53 Å². The molecule has 14 heavy (non-hydrogen) atoms. The van der Waals surface area contributed by atoms with Gasteiger partial charge >= 0.3 is 6.09 Å². The summed E-state index contributed by atoms with van der Waals surface area (Å²) >= 11 is 0. The van der Waals surface area contributed by atoms with Crippen molar-refractivity contribution in [1.29, 1.82) is 0 Å². The van der Waals surface area contributed by atoms with Crippen LogP contribution in [-0.4, -0.2) is 18.7 Å². The van der Waals surface area contributed by atoms with Crippen molar-refractivity contribution in [3.8, 4) is 0 Å². The zero-order chi connectivity index (χ0) is 10.4. The molecular weight excluding hydrogens is 178 g/mol. The summed E-state index contributed by atoms with van der Waals surface area (Å²) in [6, 6.07) is 0.316. The van der Waals surface area contributed by atoms with E-state index in [1.54, 1.807) is 0 Å². The Labute approximate surface area is 86.2 Å². The van der Waals surface area contributed by atoms with Crippen LogP contribution in [0.5, 0.6) is 0 Å². The van der Waals surface area contributed by atoms with E-state index in [1.165, 1.54) is 25.7 Å². The van der Waals surface area contributed by atoms with Gasteiger partial charge in [0.15, 0.2) is 0 Å². The van der Waals surface area contributed by atoms with E-state index in [2.05, 4.69) is 12.2 Å².